The second-order valence-electron chi connectivity index (χ2n) is 9.34. The van der Waals surface area contributed by atoms with Crippen LogP contribution < -0.4 is 0 Å². The maximum absolute atomic E-state index is 15.0. The summed E-state index contributed by atoms with van der Waals surface area (Å²) >= 11 is 0. The summed E-state index contributed by atoms with van der Waals surface area (Å²) in [4.78, 5) is 0. The fraction of sp³-hybridized carbons (Fsp3) is 0.290. The van der Waals surface area contributed by atoms with Gasteiger partial charge in [-0.2, -0.15) is 0 Å². The Balaban J connectivity index is 1.58. The molecule has 0 spiro atoms. The molecule has 0 bridgehead atoms. The summed E-state index contributed by atoms with van der Waals surface area (Å²) in [5.41, 5.74) is 2.69. The first kappa shape index (κ1) is 25.0. The van der Waals surface area contributed by atoms with E-state index in [0.717, 1.165) is 37.7 Å². The van der Waals surface area contributed by atoms with Crippen molar-refractivity contribution in [1.29, 1.82) is 0 Å². The lowest BCUT2D eigenvalue weighted by Crippen LogP contribution is -2.04. The third-order valence-corrected chi connectivity index (χ3v) is 6.73. The summed E-state index contributed by atoms with van der Waals surface area (Å²) in [7, 11) is 0. The first-order valence-corrected chi connectivity index (χ1v) is 12.3. The molecule has 4 rings (SSSR count). The number of halogens is 4. The van der Waals surface area contributed by atoms with Crippen LogP contribution in [0.1, 0.15) is 57.1 Å². The van der Waals surface area contributed by atoms with Gasteiger partial charge < -0.3 is 0 Å². The molecule has 0 N–H and O–H groups in total. The minimum Gasteiger partial charge on any atom is -0.203 e. The van der Waals surface area contributed by atoms with E-state index in [1.165, 1.54) is 0 Å². The van der Waals surface area contributed by atoms with Crippen molar-refractivity contribution in [3.8, 4) is 22.3 Å². The third kappa shape index (κ3) is 5.42. The molecule has 0 radical (unpaired) electrons. The van der Waals surface area contributed by atoms with Gasteiger partial charge in [-0.1, -0.05) is 87.0 Å². The number of hydrogen-bond acceptors (Lipinski definition) is 0. The Bertz CT molecular complexity index is 1250. The molecule has 3 aromatic rings. The fourth-order valence-corrected chi connectivity index (χ4v) is 4.52. The van der Waals surface area contributed by atoms with Crippen LogP contribution in [-0.4, -0.2) is 0 Å². The van der Waals surface area contributed by atoms with Crippen molar-refractivity contribution in [3.63, 3.8) is 0 Å². The molecule has 1 aliphatic rings. The quantitative estimate of drug-likeness (QED) is 0.234. The fourth-order valence-electron chi connectivity index (χ4n) is 4.52. The van der Waals surface area contributed by atoms with Gasteiger partial charge in [0.1, 0.15) is 0 Å². The predicted octanol–water partition coefficient (Wildman–Crippen LogP) is 9.68. The van der Waals surface area contributed by atoms with Crippen molar-refractivity contribution in [1.82, 2.24) is 0 Å². The van der Waals surface area contributed by atoms with Crippen LogP contribution >= 0.6 is 0 Å². The minimum atomic E-state index is -0.907. The van der Waals surface area contributed by atoms with Crippen LogP contribution in [0.4, 0.5) is 17.6 Å². The summed E-state index contributed by atoms with van der Waals surface area (Å²) in [5.74, 6) is -2.95. The highest BCUT2D eigenvalue weighted by atomic mass is 19.2. The Morgan fingerprint density at radius 2 is 1.31 bits per heavy atom. The number of allylic oxidation sites excluding steroid dienone is 4. The monoisotopic (exact) mass is 478 g/mol. The van der Waals surface area contributed by atoms with E-state index >= 15 is 0 Å². The van der Waals surface area contributed by atoms with Crippen molar-refractivity contribution >= 4 is 5.57 Å². The smallest absolute Gasteiger partial charge is 0.167 e. The largest absolute Gasteiger partial charge is 0.203 e. The van der Waals surface area contributed by atoms with E-state index in [4.69, 9.17) is 0 Å². The molecule has 0 saturated carbocycles. The Morgan fingerprint density at radius 3 is 1.91 bits per heavy atom. The van der Waals surface area contributed by atoms with Crippen LogP contribution in [0.5, 0.6) is 0 Å². The lowest BCUT2D eigenvalue weighted by molar-refractivity contribution is 0.503. The first-order chi connectivity index (χ1) is 16.9. The molecule has 0 nitrogen and oxygen atoms in total. The van der Waals surface area contributed by atoms with Gasteiger partial charge in [0.05, 0.1) is 0 Å². The Kier molecular flexibility index (Phi) is 7.90. The van der Waals surface area contributed by atoms with Crippen LogP contribution in [0.3, 0.4) is 0 Å². The van der Waals surface area contributed by atoms with Gasteiger partial charge in [-0.05, 0) is 60.3 Å². The number of unbranched alkanes of at least 4 members (excludes halogenated alkanes) is 1. The highest BCUT2D eigenvalue weighted by Crippen LogP contribution is 2.35. The average molecular weight is 479 g/mol. The van der Waals surface area contributed by atoms with Crippen molar-refractivity contribution in [2.45, 2.75) is 52.4 Å². The highest BCUT2D eigenvalue weighted by Gasteiger charge is 2.20. The second-order valence-corrected chi connectivity index (χ2v) is 9.34. The third-order valence-electron chi connectivity index (χ3n) is 6.73. The van der Waals surface area contributed by atoms with E-state index in [1.54, 1.807) is 48.5 Å². The van der Waals surface area contributed by atoms with Crippen LogP contribution in [0.25, 0.3) is 27.8 Å². The van der Waals surface area contributed by atoms with Gasteiger partial charge in [0.2, 0.25) is 0 Å². The van der Waals surface area contributed by atoms with E-state index in [-0.39, 0.29) is 11.1 Å². The van der Waals surface area contributed by atoms with Gasteiger partial charge >= 0.3 is 0 Å². The molecule has 4 heteroatoms. The molecule has 0 amide bonds. The van der Waals surface area contributed by atoms with Crippen LogP contribution in [0.2, 0.25) is 0 Å². The summed E-state index contributed by atoms with van der Waals surface area (Å²) in [5, 5.41) is 0. The Morgan fingerprint density at radius 1 is 0.743 bits per heavy atom. The van der Waals surface area contributed by atoms with Gasteiger partial charge in [-0.15, -0.1) is 0 Å². The zero-order valence-corrected chi connectivity index (χ0v) is 20.2. The summed E-state index contributed by atoms with van der Waals surface area (Å²) in [6.45, 7) is 4.21. The molecule has 182 valence electrons. The first-order valence-electron chi connectivity index (χ1n) is 12.3. The van der Waals surface area contributed by atoms with Crippen molar-refractivity contribution in [2.75, 3.05) is 0 Å². The lowest BCUT2D eigenvalue weighted by atomic mass is 9.87. The van der Waals surface area contributed by atoms with Crippen molar-refractivity contribution in [3.05, 3.63) is 101 Å². The molecule has 1 aliphatic carbocycles. The van der Waals surface area contributed by atoms with Crippen molar-refractivity contribution in [2.24, 2.45) is 5.92 Å². The van der Waals surface area contributed by atoms with Crippen LogP contribution in [0, 0.1) is 29.2 Å². The van der Waals surface area contributed by atoms with Gasteiger partial charge in [0.25, 0.3) is 0 Å². The van der Waals surface area contributed by atoms with Gasteiger partial charge in [0.15, 0.2) is 23.3 Å². The van der Waals surface area contributed by atoms with E-state index in [2.05, 4.69) is 13.8 Å². The number of benzene rings is 3. The Hall–Kier alpha value is -3.14. The molecule has 1 atom stereocenters. The number of hydrogen-bond donors (Lipinski definition) is 0. The maximum atomic E-state index is 15.0. The van der Waals surface area contributed by atoms with E-state index < -0.39 is 23.3 Å². The number of rotatable bonds is 7. The molecule has 0 aliphatic heterocycles. The standard InChI is InChI=1S/C31H30F4/c1-3-4-5-6-7-24-16-17-25(29(33)28(24)32)22-12-14-23(15-13-22)27-19-18-26(30(34)31(27)35)21-10-8-20(2)9-11-21/h5-6,10,12-20H,3-4,7-9,11H2,1-2H3/b6-5-. The minimum absolute atomic E-state index is 0.135. The maximum Gasteiger partial charge on any atom is 0.167 e. The molecule has 3 aromatic carbocycles. The van der Waals surface area contributed by atoms with Crippen molar-refractivity contribution < 1.29 is 17.6 Å². The zero-order chi connectivity index (χ0) is 24.9. The predicted molar refractivity (Wildman–Crippen MR) is 136 cm³/mol. The topological polar surface area (TPSA) is 0 Å². The van der Waals surface area contributed by atoms with E-state index in [1.807, 2.05) is 18.2 Å². The summed E-state index contributed by atoms with van der Waals surface area (Å²) in [6.07, 6.45) is 10.6. The molecule has 0 fully saturated rings. The zero-order valence-electron chi connectivity index (χ0n) is 20.2. The molecular weight excluding hydrogens is 448 g/mol. The van der Waals surface area contributed by atoms with Gasteiger partial charge in [-0.3, -0.25) is 0 Å². The summed E-state index contributed by atoms with van der Waals surface area (Å²) < 4.78 is 59.3. The average Bonchev–Trinajstić information content (AvgIpc) is 2.87. The van der Waals surface area contributed by atoms with E-state index in [0.29, 0.717) is 34.6 Å². The summed E-state index contributed by atoms with van der Waals surface area (Å²) in [6, 6.07) is 12.8. The normalized spacial score (nSPS) is 16.1. The van der Waals surface area contributed by atoms with Crippen LogP contribution in [-0.2, 0) is 6.42 Å². The highest BCUT2D eigenvalue weighted by molar-refractivity contribution is 5.74. The van der Waals surface area contributed by atoms with Gasteiger partial charge in [0, 0.05) is 16.7 Å². The van der Waals surface area contributed by atoms with Crippen LogP contribution in [0.15, 0.2) is 66.8 Å². The SMILES string of the molecule is CCC/C=C\Cc1ccc(-c2ccc(-c3ccc(C4=CCC(C)CC4)c(F)c3F)cc2)c(F)c1F. The molecule has 0 aromatic heterocycles. The molecule has 0 saturated heterocycles. The van der Waals surface area contributed by atoms with E-state index in [9.17, 15) is 17.6 Å². The molecule has 0 heterocycles. The second kappa shape index (κ2) is 11.1. The molecule has 35 heavy (non-hydrogen) atoms. The Labute approximate surface area is 205 Å². The van der Waals surface area contributed by atoms with Gasteiger partial charge in [-0.25, -0.2) is 17.6 Å². The lowest BCUT2D eigenvalue weighted by Gasteiger charge is -2.19. The molecule has 1 unspecified atom stereocenters. The molecular formula is C31H30F4.